The van der Waals surface area contributed by atoms with Crippen molar-refractivity contribution < 1.29 is 15.0 Å². The van der Waals surface area contributed by atoms with Crippen LogP contribution in [0.4, 0.5) is 10.6 Å². The number of nitriles is 2. The van der Waals surface area contributed by atoms with E-state index >= 15 is 0 Å². The quantitative estimate of drug-likeness (QED) is 0.692. The highest BCUT2D eigenvalue weighted by Gasteiger charge is 2.34. The maximum Gasteiger partial charge on any atom is 0.404 e. The highest BCUT2D eigenvalue weighted by atomic mass is 35.5. The largest absolute Gasteiger partial charge is 0.465 e. The molecular formula is C16H18ClN5O3. The third kappa shape index (κ3) is 3.93. The minimum Gasteiger partial charge on any atom is -0.465 e. The lowest BCUT2D eigenvalue weighted by atomic mass is 9.91. The van der Waals surface area contributed by atoms with Crippen molar-refractivity contribution in [3.63, 3.8) is 0 Å². The molecule has 1 amide bonds. The molecule has 1 aliphatic rings. The third-order valence-electron chi connectivity index (χ3n) is 4.38. The Kier molecular flexibility index (Phi) is 5.68. The van der Waals surface area contributed by atoms with Crippen molar-refractivity contribution in [3.05, 3.63) is 21.8 Å². The predicted octanol–water partition coefficient (Wildman–Crippen LogP) is 1.64. The van der Waals surface area contributed by atoms with Crippen LogP contribution in [0.2, 0.25) is 5.15 Å². The zero-order chi connectivity index (χ0) is 18.6. The number of halogens is 1. The fraction of sp³-hybridized carbons (Fsp3) is 0.500. The molecule has 0 unspecified atom stereocenters. The number of hydrogen-bond donors (Lipinski definition) is 3. The number of carboxylic acid groups (broad SMARTS) is 1. The highest BCUT2D eigenvalue weighted by molar-refractivity contribution is 6.30. The molecule has 9 heteroatoms. The zero-order valence-electron chi connectivity index (χ0n) is 13.7. The molecule has 1 fully saturated rings. The van der Waals surface area contributed by atoms with Crippen LogP contribution in [0.25, 0.3) is 0 Å². The first-order chi connectivity index (χ1) is 11.8. The molecule has 1 aliphatic heterocycles. The van der Waals surface area contributed by atoms with E-state index in [-0.39, 0.29) is 17.3 Å². The Bertz CT molecular complexity index is 761. The average molecular weight is 364 g/mol. The molecule has 0 saturated carbocycles. The van der Waals surface area contributed by atoms with Crippen molar-refractivity contribution in [3.8, 4) is 12.1 Å². The number of nitrogens with zero attached hydrogens (tertiary/aromatic N) is 4. The summed E-state index contributed by atoms with van der Waals surface area (Å²) in [5, 5.41) is 40.1. The van der Waals surface area contributed by atoms with Crippen molar-refractivity contribution in [1.82, 2.24) is 10.3 Å². The summed E-state index contributed by atoms with van der Waals surface area (Å²) >= 11 is 6.11. The molecule has 1 saturated heterocycles. The molecule has 1 aromatic rings. The number of anilines is 1. The number of aliphatic hydroxyl groups is 1. The first-order valence-corrected chi connectivity index (χ1v) is 8.19. The van der Waals surface area contributed by atoms with E-state index in [1.54, 1.807) is 0 Å². The molecule has 2 rings (SSSR count). The van der Waals surface area contributed by atoms with Gasteiger partial charge in [-0.25, -0.2) is 9.78 Å². The molecule has 0 aliphatic carbocycles. The van der Waals surface area contributed by atoms with E-state index in [0.717, 1.165) is 0 Å². The van der Waals surface area contributed by atoms with Gasteiger partial charge in [0.15, 0.2) is 0 Å². The zero-order valence-corrected chi connectivity index (χ0v) is 14.5. The monoisotopic (exact) mass is 363 g/mol. The summed E-state index contributed by atoms with van der Waals surface area (Å²) in [6.45, 7) is 2.57. The maximum absolute atomic E-state index is 10.6. The van der Waals surface area contributed by atoms with Gasteiger partial charge in [-0.15, -0.1) is 0 Å². The Balaban J connectivity index is 2.27. The van der Waals surface area contributed by atoms with E-state index in [9.17, 15) is 20.4 Å². The number of pyridine rings is 1. The van der Waals surface area contributed by atoms with Gasteiger partial charge in [-0.2, -0.15) is 10.5 Å². The normalized spacial score (nSPS) is 16.0. The van der Waals surface area contributed by atoms with Gasteiger partial charge in [0, 0.05) is 19.6 Å². The number of amides is 1. The molecule has 0 aromatic carbocycles. The van der Waals surface area contributed by atoms with Crippen LogP contribution in [-0.2, 0) is 6.42 Å². The van der Waals surface area contributed by atoms with Crippen LogP contribution in [0.15, 0.2) is 0 Å². The minimum absolute atomic E-state index is 0.0525. The SMILES string of the molecule is CCc1c(C#N)c(Cl)nc(N2CCC(O)(CNC(=O)O)CC2)c1C#N. The van der Waals surface area contributed by atoms with Gasteiger partial charge in [0.1, 0.15) is 23.1 Å². The van der Waals surface area contributed by atoms with Crippen LogP contribution in [0.5, 0.6) is 0 Å². The highest BCUT2D eigenvalue weighted by Crippen LogP contribution is 2.32. The topological polar surface area (TPSA) is 133 Å². The Hall–Kier alpha value is -2.55. The summed E-state index contributed by atoms with van der Waals surface area (Å²) in [7, 11) is 0. The fourth-order valence-electron chi connectivity index (χ4n) is 2.95. The number of nitrogens with one attached hydrogen (secondary N) is 1. The molecule has 8 nitrogen and oxygen atoms in total. The average Bonchev–Trinajstić information content (AvgIpc) is 2.59. The number of carbonyl (C=O) groups is 1. The summed E-state index contributed by atoms with van der Waals surface area (Å²) in [5.74, 6) is 0.400. The third-order valence-corrected chi connectivity index (χ3v) is 4.65. The van der Waals surface area contributed by atoms with Crippen molar-refractivity contribution in [2.24, 2.45) is 0 Å². The number of rotatable bonds is 4. The van der Waals surface area contributed by atoms with Gasteiger partial charge in [-0.05, 0) is 24.8 Å². The van der Waals surface area contributed by atoms with E-state index in [1.807, 2.05) is 17.9 Å². The molecular weight excluding hydrogens is 346 g/mol. The number of aromatic nitrogens is 1. The predicted molar refractivity (Wildman–Crippen MR) is 90.5 cm³/mol. The lowest BCUT2D eigenvalue weighted by molar-refractivity contribution is 0.0172. The summed E-state index contributed by atoms with van der Waals surface area (Å²) in [5.41, 5.74) is -0.0411. The van der Waals surface area contributed by atoms with Gasteiger partial charge >= 0.3 is 6.09 Å². The smallest absolute Gasteiger partial charge is 0.404 e. The van der Waals surface area contributed by atoms with Gasteiger partial charge in [-0.1, -0.05) is 18.5 Å². The summed E-state index contributed by atoms with van der Waals surface area (Å²) < 4.78 is 0. The molecule has 0 atom stereocenters. The second-order valence-corrected chi connectivity index (χ2v) is 6.26. The first kappa shape index (κ1) is 18.8. The first-order valence-electron chi connectivity index (χ1n) is 7.82. The second kappa shape index (κ2) is 7.56. The summed E-state index contributed by atoms with van der Waals surface area (Å²) in [4.78, 5) is 16.7. The van der Waals surface area contributed by atoms with Crippen LogP contribution < -0.4 is 10.2 Å². The second-order valence-electron chi connectivity index (χ2n) is 5.90. The summed E-state index contributed by atoms with van der Waals surface area (Å²) in [6.07, 6.45) is -0.0742. The molecule has 0 bridgehead atoms. The Labute approximate surface area is 150 Å². The molecule has 0 radical (unpaired) electrons. The van der Waals surface area contributed by atoms with Crippen molar-refractivity contribution in [2.45, 2.75) is 31.8 Å². The fourth-order valence-corrected chi connectivity index (χ4v) is 3.19. The molecule has 132 valence electrons. The standard InChI is InChI=1S/C16H18ClN5O3/c1-2-10-11(7-18)13(17)21-14(12(10)8-19)22-5-3-16(25,4-6-22)9-20-15(23)24/h20,25H,2-6,9H2,1H3,(H,23,24). The van der Waals surface area contributed by atoms with Crippen LogP contribution in [-0.4, -0.2) is 46.5 Å². The molecule has 1 aromatic heterocycles. The van der Waals surface area contributed by atoms with Crippen molar-refractivity contribution in [2.75, 3.05) is 24.5 Å². The van der Waals surface area contributed by atoms with E-state index in [4.69, 9.17) is 16.7 Å². The Morgan fingerprint density at radius 1 is 1.36 bits per heavy atom. The van der Waals surface area contributed by atoms with Crippen molar-refractivity contribution in [1.29, 1.82) is 10.5 Å². The van der Waals surface area contributed by atoms with Gasteiger partial charge in [0.05, 0.1) is 16.7 Å². The van der Waals surface area contributed by atoms with Crippen LogP contribution in [0.1, 0.15) is 36.5 Å². The van der Waals surface area contributed by atoms with E-state index in [0.29, 0.717) is 49.3 Å². The number of hydrogen-bond acceptors (Lipinski definition) is 6. The van der Waals surface area contributed by atoms with Gasteiger partial charge in [0.2, 0.25) is 0 Å². The molecule has 25 heavy (non-hydrogen) atoms. The molecule has 2 heterocycles. The van der Waals surface area contributed by atoms with Crippen LogP contribution >= 0.6 is 11.6 Å². The van der Waals surface area contributed by atoms with Crippen molar-refractivity contribution >= 4 is 23.5 Å². The van der Waals surface area contributed by atoms with Crippen LogP contribution in [0, 0.1) is 22.7 Å². The van der Waals surface area contributed by atoms with E-state index in [2.05, 4.69) is 16.4 Å². The minimum atomic E-state index is -1.18. The Morgan fingerprint density at radius 3 is 2.44 bits per heavy atom. The Morgan fingerprint density at radius 2 is 1.96 bits per heavy atom. The van der Waals surface area contributed by atoms with Gasteiger partial charge in [0.25, 0.3) is 0 Å². The maximum atomic E-state index is 10.6. The van der Waals surface area contributed by atoms with E-state index in [1.165, 1.54) is 0 Å². The lowest BCUT2D eigenvalue weighted by Crippen LogP contribution is -2.51. The van der Waals surface area contributed by atoms with Crippen LogP contribution in [0.3, 0.4) is 0 Å². The molecule has 0 spiro atoms. The van der Waals surface area contributed by atoms with Gasteiger partial charge in [-0.3, -0.25) is 0 Å². The molecule has 3 N–H and O–H groups in total. The summed E-state index contributed by atoms with van der Waals surface area (Å²) in [6, 6.07) is 4.10. The van der Waals surface area contributed by atoms with E-state index < -0.39 is 11.7 Å². The number of piperidine rings is 1. The lowest BCUT2D eigenvalue weighted by Gasteiger charge is -2.39. The van der Waals surface area contributed by atoms with Gasteiger partial charge < -0.3 is 20.4 Å².